The Labute approximate surface area is 179 Å². The number of guanidine groups is 1. The monoisotopic (exact) mass is 494 g/mol. The van der Waals surface area contributed by atoms with E-state index in [1.54, 1.807) is 11.3 Å². The van der Waals surface area contributed by atoms with E-state index in [1.165, 1.54) is 42.5 Å². The fraction of sp³-hybridized carbons (Fsp3) is 0.778. The summed E-state index contributed by atoms with van der Waals surface area (Å²) < 4.78 is 0. The van der Waals surface area contributed by atoms with Crippen molar-refractivity contribution < 1.29 is 0 Å². The predicted molar refractivity (Wildman–Crippen MR) is 123 cm³/mol. The van der Waals surface area contributed by atoms with Crippen LogP contribution in [0, 0.1) is 13.8 Å². The van der Waals surface area contributed by atoms with E-state index in [0.29, 0.717) is 0 Å². The van der Waals surface area contributed by atoms with E-state index in [9.17, 15) is 0 Å². The Morgan fingerprint density at radius 1 is 1.15 bits per heavy atom. The number of hydrogen-bond acceptors (Lipinski definition) is 5. The fourth-order valence-corrected chi connectivity index (χ4v) is 3.92. The lowest BCUT2D eigenvalue weighted by molar-refractivity contribution is 0.274. The maximum Gasteiger partial charge on any atom is 0.190 e. The van der Waals surface area contributed by atoms with Crippen molar-refractivity contribution in [2.45, 2.75) is 33.1 Å². The lowest BCUT2D eigenvalue weighted by Gasteiger charge is -2.20. The topological polar surface area (TPSA) is 55.8 Å². The summed E-state index contributed by atoms with van der Waals surface area (Å²) in [5, 5.41) is 8.01. The molecule has 0 unspecified atom stereocenters. The molecule has 1 aromatic rings. The normalized spacial score (nSPS) is 16.8. The van der Waals surface area contributed by atoms with Crippen molar-refractivity contribution in [2.75, 3.05) is 59.9 Å². The molecule has 2 rings (SSSR count). The van der Waals surface area contributed by atoms with Gasteiger partial charge in [0.25, 0.3) is 0 Å². The summed E-state index contributed by atoms with van der Waals surface area (Å²) in [5.74, 6) is 0.889. The van der Waals surface area contributed by atoms with Gasteiger partial charge in [0.05, 0.1) is 10.7 Å². The van der Waals surface area contributed by atoms with Crippen molar-refractivity contribution in [3.05, 3.63) is 15.6 Å². The number of aromatic nitrogens is 1. The first-order valence-electron chi connectivity index (χ1n) is 9.37. The maximum absolute atomic E-state index is 4.58. The molecule has 26 heavy (non-hydrogen) atoms. The molecule has 150 valence electrons. The van der Waals surface area contributed by atoms with Gasteiger partial charge in [-0.15, -0.1) is 35.3 Å². The Morgan fingerprint density at radius 3 is 2.62 bits per heavy atom. The lowest BCUT2D eigenvalue weighted by atomic mass is 10.3. The Kier molecular flexibility index (Phi) is 11.7. The quantitative estimate of drug-likeness (QED) is 0.263. The number of halogens is 1. The molecule has 1 fully saturated rings. The first-order chi connectivity index (χ1) is 12.1. The van der Waals surface area contributed by atoms with Gasteiger partial charge in [-0.1, -0.05) is 0 Å². The standard InChI is InChI=1S/C18H34N6S.HI/c1-15-16(2)25-17(22-15)7-9-21-18(19-3)20-8-5-11-24-12-6-10-23(4)13-14-24;/h5-14H2,1-4H3,(H2,19,20,21);1H. The second-order valence-corrected chi connectivity index (χ2v) is 8.06. The predicted octanol–water partition coefficient (Wildman–Crippen LogP) is 2.11. The highest BCUT2D eigenvalue weighted by atomic mass is 127. The number of nitrogens with zero attached hydrogens (tertiary/aromatic N) is 4. The van der Waals surface area contributed by atoms with Crippen LogP contribution in [-0.2, 0) is 6.42 Å². The minimum atomic E-state index is 0. The Morgan fingerprint density at radius 2 is 1.92 bits per heavy atom. The first-order valence-corrected chi connectivity index (χ1v) is 10.2. The van der Waals surface area contributed by atoms with Gasteiger partial charge in [-0.3, -0.25) is 4.99 Å². The molecule has 0 aromatic carbocycles. The molecule has 0 radical (unpaired) electrons. The van der Waals surface area contributed by atoms with E-state index in [1.807, 2.05) is 7.05 Å². The largest absolute Gasteiger partial charge is 0.356 e. The molecule has 0 aliphatic carbocycles. The van der Waals surface area contributed by atoms with Crippen molar-refractivity contribution in [1.82, 2.24) is 25.4 Å². The van der Waals surface area contributed by atoms with Gasteiger partial charge < -0.3 is 20.4 Å². The minimum absolute atomic E-state index is 0. The molecule has 2 N–H and O–H groups in total. The number of hydrogen-bond donors (Lipinski definition) is 2. The molecule has 8 heteroatoms. The van der Waals surface area contributed by atoms with Crippen molar-refractivity contribution in [3.63, 3.8) is 0 Å². The molecule has 0 amide bonds. The van der Waals surface area contributed by atoms with Crippen LogP contribution in [0.2, 0.25) is 0 Å². The summed E-state index contributed by atoms with van der Waals surface area (Å²) in [6.45, 7) is 12.0. The molecule has 1 saturated heterocycles. The van der Waals surface area contributed by atoms with Crippen LogP contribution >= 0.6 is 35.3 Å². The summed E-state index contributed by atoms with van der Waals surface area (Å²) in [5.41, 5.74) is 1.15. The third-order valence-electron chi connectivity index (χ3n) is 4.68. The molecule has 2 heterocycles. The molecular weight excluding hydrogens is 459 g/mol. The van der Waals surface area contributed by atoms with Crippen LogP contribution in [0.15, 0.2) is 4.99 Å². The second kappa shape index (κ2) is 12.9. The highest BCUT2D eigenvalue weighted by Gasteiger charge is 2.11. The molecule has 0 atom stereocenters. The first kappa shape index (κ1) is 23.6. The van der Waals surface area contributed by atoms with Crippen LogP contribution in [0.1, 0.15) is 28.4 Å². The van der Waals surface area contributed by atoms with Gasteiger partial charge in [-0.05, 0) is 53.4 Å². The summed E-state index contributed by atoms with van der Waals surface area (Å²) >= 11 is 1.79. The van der Waals surface area contributed by atoms with Gasteiger partial charge in [0.1, 0.15) is 0 Å². The number of nitrogens with one attached hydrogen (secondary N) is 2. The van der Waals surface area contributed by atoms with E-state index in [4.69, 9.17) is 0 Å². The van der Waals surface area contributed by atoms with Gasteiger partial charge in [0.2, 0.25) is 0 Å². The number of likely N-dealkylation sites (N-methyl/N-ethyl adjacent to an activating group) is 1. The van der Waals surface area contributed by atoms with Gasteiger partial charge in [-0.25, -0.2) is 4.98 Å². The van der Waals surface area contributed by atoms with Crippen LogP contribution < -0.4 is 10.6 Å². The summed E-state index contributed by atoms with van der Waals surface area (Å²) in [7, 11) is 4.05. The number of aryl methyl sites for hydroxylation is 2. The highest BCUT2D eigenvalue weighted by molar-refractivity contribution is 14.0. The van der Waals surface area contributed by atoms with E-state index >= 15 is 0 Å². The van der Waals surface area contributed by atoms with Gasteiger partial charge in [-0.2, -0.15) is 0 Å². The van der Waals surface area contributed by atoms with Crippen LogP contribution in [0.5, 0.6) is 0 Å². The van der Waals surface area contributed by atoms with Crippen LogP contribution in [0.4, 0.5) is 0 Å². The summed E-state index contributed by atoms with van der Waals surface area (Å²) in [6.07, 6.45) is 3.37. The Hall–Kier alpha value is -0.450. The SMILES string of the molecule is CN=C(NCCCN1CCCN(C)CC1)NCCc1nc(C)c(C)s1.I. The Balaban J connectivity index is 0.00000338. The molecule has 6 nitrogen and oxygen atoms in total. The smallest absolute Gasteiger partial charge is 0.190 e. The third kappa shape index (κ3) is 8.49. The number of aliphatic imine (C=N–C) groups is 1. The number of rotatable bonds is 7. The van der Waals surface area contributed by atoms with Crippen molar-refractivity contribution in [2.24, 2.45) is 4.99 Å². The average Bonchev–Trinajstić information content (AvgIpc) is 2.78. The zero-order valence-corrected chi connectivity index (χ0v) is 19.8. The van der Waals surface area contributed by atoms with Crippen molar-refractivity contribution in [3.8, 4) is 0 Å². The lowest BCUT2D eigenvalue weighted by Crippen LogP contribution is -2.39. The van der Waals surface area contributed by atoms with Crippen LogP contribution in [-0.4, -0.2) is 80.7 Å². The average molecular weight is 494 g/mol. The van der Waals surface area contributed by atoms with E-state index in [-0.39, 0.29) is 24.0 Å². The molecular formula is C18H35IN6S. The molecule has 0 saturated carbocycles. The Bertz CT molecular complexity index is 528. The summed E-state index contributed by atoms with van der Waals surface area (Å²) in [4.78, 5) is 15.2. The molecule has 1 aromatic heterocycles. The zero-order chi connectivity index (χ0) is 18.1. The van der Waals surface area contributed by atoms with Crippen molar-refractivity contribution >= 4 is 41.3 Å². The molecule has 0 bridgehead atoms. The minimum Gasteiger partial charge on any atom is -0.356 e. The van der Waals surface area contributed by atoms with Gasteiger partial charge in [0.15, 0.2) is 5.96 Å². The van der Waals surface area contributed by atoms with Crippen LogP contribution in [0.3, 0.4) is 0 Å². The van der Waals surface area contributed by atoms with Gasteiger partial charge >= 0.3 is 0 Å². The zero-order valence-electron chi connectivity index (χ0n) is 16.7. The van der Waals surface area contributed by atoms with E-state index < -0.39 is 0 Å². The van der Waals surface area contributed by atoms with Gasteiger partial charge in [0, 0.05) is 44.5 Å². The van der Waals surface area contributed by atoms with Crippen LogP contribution in [0.25, 0.3) is 0 Å². The highest BCUT2D eigenvalue weighted by Crippen LogP contribution is 2.16. The maximum atomic E-state index is 4.58. The fourth-order valence-electron chi connectivity index (χ4n) is 2.99. The molecule has 0 spiro atoms. The van der Waals surface area contributed by atoms with E-state index in [2.05, 4.69) is 51.3 Å². The van der Waals surface area contributed by atoms with Crippen molar-refractivity contribution in [1.29, 1.82) is 0 Å². The van der Waals surface area contributed by atoms with E-state index in [0.717, 1.165) is 44.1 Å². The molecule has 1 aliphatic rings. The molecule has 1 aliphatic heterocycles. The number of thiazole rings is 1. The second-order valence-electron chi connectivity index (χ2n) is 6.78. The third-order valence-corrected chi connectivity index (χ3v) is 5.82. The summed E-state index contributed by atoms with van der Waals surface area (Å²) in [6, 6.07) is 0.